The summed E-state index contributed by atoms with van der Waals surface area (Å²) in [5.41, 5.74) is 0.864. The number of hydrogen-bond donors (Lipinski definition) is 1. The average molecular weight is 317 g/mol. The molecule has 1 fully saturated rings. The van der Waals surface area contributed by atoms with Crippen molar-refractivity contribution in [2.24, 2.45) is 5.10 Å². The SMILES string of the molecule is O=C([O-])c1ccc(/C=N\n2c([C@@H]3CCCO3)n[nH]c2=S)cc1. The maximum absolute atomic E-state index is 10.7. The van der Waals surface area contributed by atoms with E-state index in [0.717, 1.165) is 18.4 Å². The fraction of sp³-hybridized carbons (Fsp3) is 0.286. The lowest BCUT2D eigenvalue weighted by atomic mass is 10.1. The van der Waals surface area contributed by atoms with Gasteiger partial charge in [-0.25, -0.2) is 0 Å². The molecule has 0 aliphatic carbocycles. The number of aromatic carboxylic acids is 1. The van der Waals surface area contributed by atoms with E-state index in [0.29, 0.717) is 17.2 Å². The molecule has 22 heavy (non-hydrogen) atoms. The van der Waals surface area contributed by atoms with Crippen LogP contribution in [0.2, 0.25) is 0 Å². The Kier molecular flexibility index (Phi) is 4.12. The minimum atomic E-state index is -1.21. The third-order valence-corrected chi connectivity index (χ3v) is 3.63. The lowest BCUT2D eigenvalue weighted by Gasteiger charge is -2.07. The van der Waals surface area contributed by atoms with Gasteiger partial charge in [0.05, 0.1) is 12.2 Å². The summed E-state index contributed by atoms with van der Waals surface area (Å²) in [6.45, 7) is 0.707. The highest BCUT2D eigenvalue weighted by atomic mass is 32.1. The van der Waals surface area contributed by atoms with Crippen LogP contribution in [0.1, 0.15) is 40.7 Å². The summed E-state index contributed by atoms with van der Waals surface area (Å²) in [6.07, 6.45) is 3.35. The molecular formula is C14H13N4O3S-. The Balaban J connectivity index is 1.84. The van der Waals surface area contributed by atoms with Crippen LogP contribution in [0.15, 0.2) is 29.4 Å². The molecule has 7 nitrogen and oxygen atoms in total. The van der Waals surface area contributed by atoms with E-state index in [4.69, 9.17) is 17.0 Å². The molecule has 1 saturated heterocycles. The van der Waals surface area contributed by atoms with Crippen molar-refractivity contribution in [2.75, 3.05) is 6.61 Å². The molecule has 0 unspecified atom stereocenters. The van der Waals surface area contributed by atoms with Crippen LogP contribution in [-0.4, -0.2) is 33.7 Å². The Hall–Kier alpha value is -2.32. The smallest absolute Gasteiger partial charge is 0.216 e. The molecule has 0 radical (unpaired) electrons. The molecular weight excluding hydrogens is 304 g/mol. The molecule has 0 bridgehead atoms. The molecule has 1 aliphatic heterocycles. The Bertz CT molecular complexity index is 757. The minimum absolute atomic E-state index is 0.106. The first kappa shape index (κ1) is 14.6. The van der Waals surface area contributed by atoms with Gasteiger partial charge in [-0.3, -0.25) is 5.10 Å². The third kappa shape index (κ3) is 2.97. The molecule has 2 heterocycles. The second-order valence-corrected chi connectivity index (χ2v) is 5.24. The number of aromatic amines is 1. The van der Waals surface area contributed by atoms with Gasteiger partial charge in [0.1, 0.15) is 6.10 Å². The van der Waals surface area contributed by atoms with Gasteiger partial charge in [-0.05, 0) is 36.2 Å². The van der Waals surface area contributed by atoms with Gasteiger partial charge in [0.25, 0.3) is 0 Å². The van der Waals surface area contributed by atoms with Crippen LogP contribution in [0, 0.1) is 4.77 Å². The van der Waals surface area contributed by atoms with Crippen molar-refractivity contribution in [3.8, 4) is 0 Å². The second-order valence-electron chi connectivity index (χ2n) is 4.85. The van der Waals surface area contributed by atoms with Gasteiger partial charge < -0.3 is 14.6 Å². The van der Waals surface area contributed by atoms with Crippen LogP contribution in [0.4, 0.5) is 0 Å². The molecule has 2 aromatic rings. The van der Waals surface area contributed by atoms with E-state index < -0.39 is 5.97 Å². The molecule has 0 spiro atoms. The first-order valence-electron chi connectivity index (χ1n) is 6.80. The number of aromatic nitrogens is 3. The Morgan fingerprint density at radius 2 is 2.27 bits per heavy atom. The number of nitrogens with zero attached hydrogens (tertiary/aromatic N) is 3. The standard InChI is InChI=1S/C14H14N4O3S/c19-13(20)10-5-3-9(4-6-10)8-15-18-12(16-17-14(18)22)11-2-1-7-21-11/h3-6,8,11H,1-2,7H2,(H,17,22)(H,19,20)/p-1/b15-8-/t11-/m0/s1. The Labute approximate surface area is 131 Å². The van der Waals surface area contributed by atoms with Gasteiger partial charge in [0.15, 0.2) is 5.82 Å². The fourth-order valence-corrected chi connectivity index (χ4v) is 2.42. The van der Waals surface area contributed by atoms with Crippen LogP contribution >= 0.6 is 12.2 Å². The molecule has 3 rings (SSSR count). The van der Waals surface area contributed by atoms with E-state index in [9.17, 15) is 9.90 Å². The number of carboxylic acids is 1. The molecule has 1 aromatic heterocycles. The predicted molar refractivity (Wildman–Crippen MR) is 79.1 cm³/mol. The fourth-order valence-electron chi connectivity index (χ4n) is 2.23. The van der Waals surface area contributed by atoms with Crippen LogP contribution < -0.4 is 5.11 Å². The van der Waals surface area contributed by atoms with Gasteiger partial charge in [-0.2, -0.15) is 14.9 Å². The summed E-state index contributed by atoms with van der Waals surface area (Å²) < 4.78 is 7.50. The van der Waals surface area contributed by atoms with E-state index in [1.54, 1.807) is 18.3 Å². The van der Waals surface area contributed by atoms with Gasteiger partial charge >= 0.3 is 0 Å². The maximum atomic E-state index is 10.7. The third-order valence-electron chi connectivity index (χ3n) is 3.36. The van der Waals surface area contributed by atoms with Crippen molar-refractivity contribution < 1.29 is 14.6 Å². The Morgan fingerprint density at radius 3 is 2.91 bits per heavy atom. The number of H-pyrrole nitrogens is 1. The van der Waals surface area contributed by atoms with Crippen molar-refractivity contribution in [3.05, 3.63) is 46.0 Å². The van der Waals surface area contributed by atoms with E-state index in [1.165, 1.54) is 16.8 Å². The number of nitrogens with one attached hydrogen (secondary N) is 1. The summed E-state index contributed by atoms with van der Waals surface area (Å²) in [6, 6.07) is 6.22. The minimum Gasteiger partial charge on any atom is -0.545 e. The number of hydrogen-bond acceptors (Lipinski definition) is 6. The molecule has 0 saturated carbocycles. The summed E-state index contributed by atoms with van der Waals surface area (Å²) in [5, 5.41) is 21.9. The highest BCUT2D eigenvalue weighted by Gasteiger charge is 2.23. The molecule has 1 atom stereocenters. The number of ether oxygens (including phenoxy) is 1. The lowest BCUT2D eigenvalue weighted by Crippen LogP contribution is -2.21. The topological polar surface area (TPSA) is 95.3 Å². The van der Waals surface area contributed by atoms with Gasteiger partial charge in [0, 0.05) is 6.61 Å². The number of carbonyl (C=O) groups is 1. The quantitative estimate of drug-likeness (QED) is 0.671. The highest BCUT2D eigenvalue weighted by molar-refractivity contribution is 7.71. The molecule has 1 aromatic carbocycles. The van der Waals surface area contributed by atoms with E-state index >= 15 is 0 Å². The first-order chi connectivity index (χ1) is 10.6. The van der Waals surface area contributed by atoms with Crippen molar-refractivity contribution in [1.29, 1.82) is 0 Å². The number of carboxylic acid groups (broad SMARTS) is 1. The summed E-state index contributed by atoms with van der Waals surface area (Å²) in [4.78, 5) is 10.7. The van der Waals surface area contributed by atoms with Crippen molar-refractivity contribution in [3.63, 3.8) is 0 Å². The molecule has 1 N–H and O–H groups in total. The molecule has 0 amide bonds. The number of rotatable bonds is 4. The summed E-state index contributed by atoms with van der Waals surface area (Å²) >= 11 is 5.17. The predicted octanol–water partition coefficient (Wildman–Crippen LogP) is 1.04. The number of carbonyl (C=O) groups excluding carboxylic acids is 1. The number of benzene rings is 1. The van der Waals surface area contributed by atoms with Gasteiger partial charge in [0.2, 0.25) is 4.77 Å². The Morgan fingerprint density at radius 1 is 1.50 bits per heavy atom. The maximum Gasteiger partial charge on any atom is 0.216 e. The van der Waals surface area contributed by atoms with Crippen molar-refractivity contribution in [2.45, 2.75) is 18.9 Å². The summed E-state index contributed by atoms with van der Waals surface area (Å²) in [5.74, 6) is -0.564. The molecule has 8 heteroatoms. The normalized spacial score (nSPS) is 18.1. The average Bonchev–Trinajstić information content (AvgIpc) is 3.15. The van der Waals surface area contributed by atoms with Crippen LogP contribution in [0.3, 0.4) is 0 Å². The lowest BCUT2D eigenvalue weighted by molar-refractivity contribution is -0.255. The van der Waals surface area contributed by atoms with Crippen LogP contribution in [0.5, 0.6) is 0 Å². The molecule has 1 aliphatic rings. The van der Waals surface area contributed by atoms with E-state index in [2.05, 4.69) is 15.3 Å². The van der Waals surface area contributed by atoms with Crippen molar-refractivity contribution in [1.82, 2.24) is 14.9 Å². The van der Waals surface area contributed by atoms with Crippen LogP contribution in [0.25, 0.3) is 0 Å². The van der Waals surface area contributed by atoms with Gasteiger partial charge in [-0.15, -0.1) is 0 Å². The molecule has 114 valence electrons. The zero-order valence-electron chi connectivity index (χ0n) is 11.6. The monoisotopic (exact) mass is 317 g/mol. The first-order valence-corrected chi connectivity index (χ1v) is 7.20. The van der Waals surface area contributed by atoms with Gasteiger partial charge in [-0.1, -0.05) is 24.3 Å². The van der Waals surface area contributed by atoms with E-state index in [1.807, 2.05) is 0 Å². The second kappa shape index (κ2) is 6.20. The summed E-state index contributed by atoms with van der Waals surface area (Å²) in [7, 11) is 0. The van der Waals surface area contributed by atoms with E-state index in [-0.39, 0.29) is 11.7 Å². The zero-order chi connectivity index (χ0) is 15.5. The van der Waals surface area contributed by atoms with Crippen molar-refractivity contribution >= 4 is 24.4 Å². The zero-order valence-corrected chi connectivity index (χ0v) is 12.4. The van der Waals surface area contributed by atoms with Crippen LogP contribution in [-0.2, 0) is 4.74 Å². The largest absolute Gasteiger partial charge is 0.545 e. The highest BCUT2D eigenvalue weighted by Crippen LogP contribution is 2.26.